The van der Waals surface area contributed by atoms with Crippen LogP contribution in [0.1, 0.15) is 176 Å². The van der Waals surface area contributed by atoms with Gasteiger partial charge >= 0.3 is 0 Å². The molecule has 0 aromatic carbocycles. The lowest BCUT2D eigenvalue weighted by atomic mass is 9.42. The first-order valence-corrected chi connectivity index (χ1v) is 30.1. The predicted molar refractivity (Wildman–Crippen MR) is 261 cm³/mol. The van der Waals surface area contributed by atoms with Gasteiger partial charge in [-0.3, -0.25) is 18.7 Å². The SMILES string of the molecule is CC[C@@H](CCC(=O)NCCS(=O)(=O)O)[C@H]1CC[C@H]2[C@@H]3[C@@H](O)CC4C/C(=C5\CC[C@@]6(C)C(C5)C[C@H](O)[C@H]5[C@@H]7CC[C@H]([C@H](C)CCC(=O)NCCS(=O)(=O)O)[C@@]7(C)CC[C@@H]56)CC[C@]4(C)[C@H]3CC[C@]12C. The molecule has 0 saturated heterocycles. The minimum atomic E-state index is -4.11. The van der Waals surface area contributed by atoms with Crippen LogP contribution < -0.4 is 10.6 Å². The van der Waals surface area contributed by atoms with Crippen molar-refractivity contribution in [1.29, 1.82) is 0 Å². The van der Waals surface area contributed by atoms with E-state index in [-0.39, 0.29) is 58.8 Å². The van der Waals surface area contributed by atoms with Gasteiger partial charge in [-0.1, -0.05) is 59.1 Å². The van der Waals surface area contributed by atoms with Gasteiger partial charge in [0.15, 0.2) is 0 Å². The topological polar surface area (TPSA) is 207 Å². The summed E-state index contributed by atoms with van der Waals surface area (Å²) in [5.41, 5.74) is 4.08. The molecule has 0 heterocycles. The van der Waals surface area contributed by atoms with Crippen molar-refractivity contribution in [2.45, 2.75) is 189 Å². The smallest absolute Gasteiger partial charge is 0.266 e. The first-order valence-electron chi connectivity index (χ1n) is 26.9. The zero-order chi connectivity index (χ0) is 48.5. The van der Waals surface area contributed by atoms with Crippen LogP contribution in [0.25, 0.3) is 0 Å². The Balaban J connectivity index is 0.876. The van der Waals surface area contributed by atoms with Crippen molar-refractivity contribution in [3.8, 4) is 0 Å². The van der Waals surface area contributed by atoms with E-state index in [1.54, 1.807) is 11.1 Å². The van der Waals surface area contributed by atoms with Gasteiger partial charge in [0.25, 0.3) is 20.2 Å². The van der Waals surface area contributed by atoms with Crippen LogP contribution in [0.4, 0.5) is 0 Å². The quantitative estimate of drug-likeness (QED) is 0.0679. The Kier molecular flexibility index (Phi) is 15.0. The molecule has 0 aliphatic heterocycles. The maximum absolute atomic E-state index is 12.7. The Bertz CT molecular complexity index is 2100. The van der Waals surface area contributed by atoms with E-state index in [1.807, 2.05) is 0 Å². The second-order valence-corrected chi connectivity index (χ2v) is 28.3. The average Bonchev–Trinajstić information content (AvgIpc) is 3.79. The van der Waals surface area contributed by atoms with E-state index in [4.69, 9.17) is 9.11 Å². The number of carbonyl (C=O) groups is 2. The molecular weight excluding hydrogens is 889 g/mol. The molecule has 14 heteroatoms. The summed E-state index contributed by atoms with van der Waals surface area (Å²) in [6.45, 7) is 14.5. The van der Waals surface area contributed by atoms with E-state index in [1.165, 1.54) is 38.5 Å². The second-order valence-electron chi connectivity index (χ2n) is 25.2. The summed E-state index contributed by atoms with van der Waals surface area (Å²) in [6, 6.07) is 0. The molecule has 12 nitrogen and oxygen atoms in total. The van der Waals surface area contributed by atoms with Gasteiger partial charge in [-0.05, 0) is 208 Å². The van der Waals surface area contributed by atoms with Gasteiger partial charge in [0.05, 0.1) is 23.7 Å². The summed E-state index contributed by atoms with van der Waals surface area (Å²) in [6.07, 6.45) is 20.6. The first kappa shape index (κ1) is 51.8. The number of aliphatic hydroxyl groups is 2. The highest BCUT2D eigenvalue weighted by Gasteiger charge is 2.65. The van der Waals surface area contributed by atoms with Crippen LogP contribution in [0.5, 0.6) is 0 Å². The zero-order valence-electron chi connectivity index (χ0n) is 41.8. The van der Waals surface area contributed by atoms with Gasteiger partial charge in [0.2, 0.25) is 11.8 Å². The van der Waals surface area contributed by atoms with Crippen LogP contribution in [0.15, 0.2) is 11.1 Å². The summed E-state index contributed by atoms with van der Waals surface area (Å²) in [5.74, 6) is 4.13. The van der Waals surface area contributed by atoms with E-state index in [0.717, 1.165) is 83.5 Å². The standard InChI is InChI=1S/C53H88N2O10S2/c1-7-33(9-15-47(59)55-25-27-67(63,64)65)39-11-13-41-49-43(19-23-53(39,41)6)51(4)21-17-35(29-37(51)31-45(49)57)34-16-20-50(3)36(28-34)30-44(56)48-40-12-10-38(52(40,5)22-18-42(48)50)32(2)8-14-46(58)54-24-26-66(60,61)62/h32-33,36-45,48-49,56-57H,7-31H2,1-6H3,(H,54,58)(H,55,59)(H,60,61,62)(H,63,64,65)/b35-34+/t32-,33+,36?,37?,38-,39-,40+,41+,42+,43+,44+,45+,48+,49+,50+,51+,52-,53-/m1/s1. The van der Waals surface area contributed by atoms with Crippen LogP contribution in [0.3, 0.4) is 0 Å². The largest absolute Gasteiger partial charge is 0.393 e. The molecule has 0 aromatic heterocycles. The summed E-state index contributed by atoms with van der Waals surface area (Å²) in [5, 5.41) is 29.8. The lowest BCUT2D eigenvalue weighted by Gasteiger charge is -2.63. The van der Waals surface area contributed by atoms with Gasteiger partial charge in [-0.25, -0.2) is 0 Å². The molecule has 2 unspecified atom stereocenters. The Hall–Kier alpha value is -1.58. The summed E-state index contributed by atoms with van der Waals surface area (Å²) in [4.78, 5) is 25.2. The minimum Gasteiger partial charge on any atom is -0.393 e. The van der Waals surface area contributed by atoms with E-state index >= 15 is 0 Å². The van der Waals surface area contributed by atoms with E-state index < -0.39 is 31.7 Å². The summed E-state index contributed by atoms with van der Waals surface area (Å²) < 4.78 is 62.5. The second kappa shape index (κ2) is 19.4. The molecule has 2 amide bonds. The average molecular weight is 977 g/mol. The molecule has 0 radical (unpaired) electrons. The number of hydrogen-bond donors (Lipinski definition) is 6. The van der Waals surface area contributed by atoms with Gasteiger partial charge in [0, 0.05) is 25.9 Å². The van der Waals surface area contributed by atoms with Crippen molar-refractivity contribution >= 4 is 32.1 Å². The van der Waals surface area contributed by atoms with Crippen LogP contribution in [0, 0.1) is 92.7 Å². The number of hydrogen-bond acceptors (Lipinski definition) is 8. The molecule has 6 N–H and O–H groups in total. The normalized spacial score (nSPS) is 44.7. The summed E-state index contributed by atoms with van der Waals surface area (Å²) in [7, 11) is -8.22. The Morgan fingerprint density at radius 3 is 1.48 bits per heavy atom. The van der Waals surface area contributed by atoms with Crippen LogP contribution >= 0.6 is 0 Å². The summed E-state index contributed by atoms with van der Waals surface area (Å²) >= 11 is 0. The number of fused-ring (bicyclic) bond motifs is 10. The third kappa shape index (κ3) is 10.0. The minimum absolute atomic E-state index is 0.0755. The molecule has 8 aliphatic rings. The van der Waals surface area contributed by atoms with Gasteiger partial charge in [-0.2, -0.15) is 16.8 Å². The van der Waals surface area contributed by atoms with E-state index in [2.05, 4.69) is 52.2 Å². The molecular formula is C53H88N2O10S2. The fourth-order valence-corrected chi connectivity index (χ4v) is 19.6. The fraction of sp³-hybridized carbons (Fsp3) is 0.925. The number of amides is 2. The third-order valence-corrected chi connectivity index (χ3v) is 23.9. The van der Waals surface area contributed by atoms with Crippen LogP contribution in [-0.2, 0) is 29.8 Å². The molecule has 0 bridgehead atoms. The predicted octanol–water partition coefficient (Wildman–Crippen LogP) is 8.77. The monoisotopic (exact) mass is 977 g/mol. The molecule has 382 valence electrons. The Morgan fingerprint density at radius 1 is 0.612 bits per heavy atom. The van der Waals surface area contributed by atoms with Crippen LogP contribution in [0.2, 0.25) is 0 Å². The fourth-order valence-electron chi connectivity index (χ4n) is 18.9. The van der Waals surface area contributed by atoms with E-state index in [0.29, 0.717) is 83.9 Å². The van der Waals surface area contributed by atoms with Gasteiger partial charge in [0.1, 0.15) is 0 Å². The van der Waals surface area contributed by atoms with Crippen LogP contribution in [-0.4, -0.2) is 84.8 Å². The highest BCUT2D eigenvalue weighted by molar-refractivity contribution is 7.86. The van der Waals surface area contributed by atoms with Crippen molar-refractivity contribution in [2.75, 3.05) is 24.6 Å². The van der Waals surface area contributed by atoms with Gasteiger partial charge in [-0.15, -0.1) is 0 Å². The van der Waals surface area contributed by atoms with Crippen molar-refractivity contribution in [3.05, 3.63) is 11.1 Å². The number of rotatable bonds is 15. The lowest BCUT2D eigenvalue weighted by Crippen LogP contribution is -2.58. The maximum atomic E-state index is 12.7. The van der Waals surface area contributed by atoms with Crippen molar-refractivity contribution in [2.24, 2.45) is 92.7 Å². The van der Waals surface area contributed by atoms with Crippen molar-refractivity contribution < 1.29 is 45.7 Å². The highest BCUT2D eigenvalue weighted by atomic mass is 32.2. The number of carbonyl (C=O) groups excluding carboxylic acids is 2. The number of aliphatic hydroxyl groups excluding tert-OH is 2. The van der Waals surface area contributed by atoms with Gasteiger partial charge < -0.3 is 20.8 Å². The molecule has 8 fully saturated rings. The molecule has 0 spiro atoms. The zero-order valence-corrected chi connectivity index (χ0v) is 43.4. The first-order chi connectivity index (χ1) is 31.4. The molecule has 67 heavy (non-hydrogen) atoms. The number of nitrogens with one attached hydrogen (secondary N) is 2. The number of allylic oxidation sites excluding steroid dienone is 2. The Morgan fingerprint density at radius 2 is 1.03 bits per heavy atom. The molecule has 18 atom stereocenters. The third-order valence-electron chi connectivity index (χ3n) is 22.4. The van der Waals surface area contributed by atoms with Crippen molar-refractivity contribution in [3.63, 3.8) is 0 Å². The Labute approximate surface area is 403 Å². The molecule has 8 rings (SSSR count). The maximum Gasteiger partial charge on any atom is 0.266 e. The molecule has 0 aromatic rings. The highest BCUT2D eigenvalue weighted by Crippen LogP contribution is 2.71. The molecule has 8 saturated carbocycles. The molecule has 8 aliphatic carbocycles. The van der Waals surface area contributed by atoms with Crippen molar-refractivity contribution in [1.82, 2.24) is 10.6 Å². The van der Waals surface area contributed by atoms with E-state index in [9.17, 15) is 36.6 Å². The lowest BCUT2D eigenvalue weighted by molar-refractivity contribution is -0.163.